The number of piperazine rings is 1. The van der Waals surface area contributed by atoms with Crippen molar-refractivity contribution in [3.8, 4) is 5.75 Å². The van der Waals surface area contributed by atoms with Gasteiger partial charge in [0, 0.05) is 19.1 Å². The molecule has 5 nitrogen and oxygen atoms in total. The van der Waals surface area contributed by atoms with Crippen LogP contribution in [0.4, 0.5) is 13.2 Å². The van der Waals surface area contributed by atoms with Crippen LogP contribution in [0.1, 0.15) is 12.8 Å². The molecule has 0 spiro atoms. The molecule has 2 saturated heterocycles. The van der Waals surface area contributed by atoms with Crippen LogP contribution in [0.15, 0.2) is 29.2 Å². The van der Waals surface area contributed by atoms with Gasteiger partial charge in [0.2, 0.25) is 0 Å². The molecule has 9 heteroatoms. The second-order valence-corrected chi connectivity index (χ2v) is 7.76. The number of alkyl halides is 3. The van der Waals surface area contributed by atoms with Crippen molar-refractivity contribution in [1.29, 1.82) is 0 Å². The molecule has 23 heavy (non-hydrogen) atoms. The van der Waals surface area contributed by atoms with Gasteiger partial charge < -0.3 is 4.74 Å². The lowest BCUT2D eigenvalue weighted by Gasteiger charge is -2.37. The Morgan fingerprint density at radius 3 is 2.78 bits per heavy atom. The minimum Gasteiger partial charge on any atom is -0.406 e. The summed E-state index contributed by atoms with van der Waals surface area (Å²) >= 11 is 0. The maximum absolute atomic E-state index is 12.8. The van der Waals surface area contributed by atoms with Gasteiger partial charge in [0.15, 0.2) is 9.84 Å². The molecule has 1 N–H and O–H groups in total. The van der Waals surface area contributed by atoms with E-state index in [1.165, 1.54) is 12.1 Å². The topological polar surface area (TPSA) is 58.6 Å². The van der Waals surface area contributed by atoms with Crippen molar-refractivity contribution in [1.82, 2.24) is 10.2 Å². The number of halogens is 3. The normalized spacial score (nSPS) is 26.0. The van der Waals surface area contributed by atoms with Crippen molar-refractivity contribution < 1.29 is 26.3 Å². The first kappa shape index (κ1) is 16.5. The summed E-state index contributed by atoms with van der Waals surface area (Å²) in [6, 6.07) is 4.43. The summed E-state index contributed by atoms with van der Waals surface area (Å²) in [4.78, 5) is 1.96. The predicted octanol–water partition coefficient (Wildman–Crippen LogP) is 1.75. The van der Waals surface area contributed by atoms with Gasteiger partial charge in [-0.25, -0.2) is 8.42 Å². The van der Waals surface area contributed by atoms with E-state index in [0.29, 0.717) is 6.54 Å². The van der Waals surface area contributed by atoms with Crippen molar-refractivity contribution >= 4 is 9.84 Å². The van der Waals surface area contributed by atoms with Crippen LogP contribution < -0.4 is 10.1 Å². The minimum absolute atomic E-state index is 0.138. The van der Waals surface area contributed by atoms with Crippen molar-refractivity contribution in [2.75, 3.05) is 19.6 Å². The number of hydrogen-bond acceptors (Lipinski definition) is 5. The highest BCUT2D eigenvalue weighted by Crippen LogP contribution is 2.31. The monoisotopic (exact) mass is 350 g/mol. The zero-order valence-corrected chi connectivity index (χ0v) is 13.0. The van der Waals surface area contributed by atoms with Crippen LogP contribution in [0.3, 0.4) is 0 Å². The van der Waals surface area contributed by atoms with Gasteiger partial charge in [-0.2, -0.15) is 0 Å². The number of hydrogen-bond donors (Lipinski definition) is 1. The van der Waals surface area contributed by atoms with E-state index in [4.69, 9.17) is 0 Å². The maximum Gasteiger partial charge on any atom is 0.573 e. The fourth-order valence-corrected chi connectivity index (χ4v) is 5.17. The Labute approximate surface area is 132 Å². The van der Waals surface area contributed by atoms with Gasteiger partial charge in [0.25, 0.3) is 0 Å². The molecule has 0 aliphatic carbocycles. The summed E-state index contributed by atoms with van der Waals surface area (Å²) in [5, 5.41) is 2.20. The quantitative estimate of drug-likeness (QED) is 0.900. The molecule has 1 aromatic carbocycles. The van der Waals surface area contributed by atoms with E-state index < -0.39 is 27.3 Å². The fourth-order valence-electron chi connectivity index (χ4n) is 3.27. The number of nitrogens with zero attached hydrogens (tertiary/aromatic N) is 1. The molecule has 2 heterocycles. The van der Waals surface area contributed by atoms with Gasteiger partial charge in [0.05, 0.1) is 4.90 Å². The summed E-state index contributed by atoms with van der Waals surface area (Å²) < 4.78 is 66.4. The third-order valence-corrected chi connectivity index (χ3v) is 6.27. The zero-order chi connectivity index (χ0) is 16.7. The zero-order valence-electron chi connectivity index (χ0n) is 12.2. The maximum atomic E-state index is 12.8. The molecule has 0 aromatic heterocycles. The first-order valence-corrected chi connectivity index (χ1v) is 8.89. The Hall–Kier alpha value is -1.32. The molecule has 2 aliphatic heterocycles. The van der Waals surface area contributed by atoms with Crippen LogP contribution in [-0.4, -0.2) is 50.7 Å². The third kappa shape index (κ3) is 3.46. The number of nitrogens with one attached hydrogen (secondary N) is 1. The van der Waals surface area contributed by atoms with Crippen LogP contribution in [0, 0.1) is 0 Å². The van der Waals surface area contributed by atoms with Crippen LogP contribution in [0.25, 0.3) is 0 Å². The second kappa shape index (κ2) is 5.95. The van der Waals surface area contributed by atoms with Gasteiger partial charge in [-0.3, -0.25) is 10.2 Å². The summed E-state index contributed by atoms with van der Waals surface area (Å²) in [6.07, 6.45) is -3.17. The largest absolute Gasteiger partial charge is 0.573 e. The van der Waals surface area contributed by atoms with E-state index in [0.717, 1.165) is 38.1 Å². The van der Waals surface area contributed by atoms with Gasteiger partial charge in [-0.05, 0) is 37.6 Å². The summed E-state index contributed by atoms with van der Waals surface area (Å²) in [7, 11) is -3.79. The summed E-state index contributed by atoms with van der Waals surface area (Å²) in [5.41, 5.74) is 0. The average molecular weight is 350 g/mol. The predicted molar refractivity (Wildman–Crippen MR) is 76.7 cm³/mol. The van der Waals surface area contributed by atoms with Gasteiger partial charge in [-0.15, -0.1) is 13.2 Å². The van der Waals surface area contributed by atoms with Crippen molar-refractivity contribution in [3.63, 3.8) is 0 Å². The molecule has 2 atom stereocenters. The highest BCUT2D eigenvalue weighted by molar-refractivity contribution is 7.92. The molecule has 0 bridgehead atoms. The SMILES string of the molecule is O=S(=O)(c1cccc(OC(F)(F)F)c1)C1NCCN2CCCC12. The summed E-state index contributed by atoms with van der Waals surface area (Å²) in [6.45, 7) is 2.18. The molecule has 3 rings (SSSR count). The first-order valence-electron chi connectivity index (χ1n) is 7.34. The Kier molecular flexibility index (Phi) is 4.28. The Morgan fingerprint density at radius 2 is 2.04 bits per heavy atom. The Bertz CT molecular complexity index is 678. The lowest BCUT2D eigenvalue weighted by Crippen LogP contribution is -2.58. The smallest absolute Gasteiger partial charge is 0.406 e. The van der Waals surface area contributed by atoms with Gasteiger partial charge >= 0.3 is 6.36 Å². The highest BCUT2D eigenvalue weighted by Gasteiger charge is 2.42. The van der Waals surface area contributed by atoms with Crippen molar-refractivity contribution in [3.05, 3.63) is 24.3 Å². The number of ether oxygens (including phenoxy) is 1. The fraction of sp³-hybridized carbons (Fsp3) is 0.571. The third-order valence-electron chi connectivity index (χ3n) is 4.21. The van der Waals surface area contributed by atoms with E-state index in [1.54, 1.807) is 0 Å². The number of benzene rings is 1. The van der Waals surface area contributed by atoms with E-state index >= 15 is 0 Å². The molecule has 0 saturated carbocycles. The van der Waals surface area contributed by atoms with Crippen LogP contribution in [0.2, 0.25) is 0 Å². The van der Waals surface area contributed by atoms with Gasteiger partial charge in [0.1, 0.15) is 11.1 Å². The molecule has 1 aromatic rings. The second-order valence-electron chi connectivity index (χ2n) is 5.69. The number of sulfone groups is 1. The molecular formula is C14H17F3N2O3S. The van der Waals surface area contributed by atoms with Crippen LogP contribution >= 0.6 is 0 Å². The van der Waals surface area contributed by atoms with Gasteiger partial charge in [-0.1, -0.05) is 6.07 Å². The standard InChI is InChI=1S/C14H17F3N2O3S/c15-14(16,17)22-10-3-1-4-11(9-10)23(20,21)13-12-5-2-7-19(12)8-6-18-13/h1,3-4,9,12-13,18H,2,5-8H2. The molecule has 2 fully saturated rings. The lowest BCUT2D eigenvalue weighted by atomic mass is 10.2. The number of rotatable bonds is 3. The highest BCUT2D eigenvalue weighted by atomic mass is 32.2. The van der Waals surface area contributed by atoms with Crippen LogP contribution in [-0.2, 0) is 9.84 Å². The van der Waals surface area contributed by atoms with Crippen LogP contribution in [0.5, 0.6) is 5.75 Å². The molecule has 0 amide bonds. The molecular weight excluding hydrogens is 333 g/mol. The summed E-state index contributed by atoms with van der Waals surface area (Å²) in [5.74, 6) is -0.530. The lowest BCUT2D eigenvalue weighted by molar-refractivity contribution is -0.274. The minimum atomic E-state index is -4.85. The molecule has 2 aliphatic rings. The Morgan fingerprint density at radius 1 is 1.26 bits per heavy atom. The molecule has 128 valence electrons. The Balaban J connectivity index is 1.89. The van der Waals surface area contributed by atoms with Crippen molar-refractivity contribution in [2.24, 2.45) is 0 Å². The first-order chi connectivity index (χ1) is 10.8. The average Bonchev–Trinajstić information content (AvgIpc) is 2.93. The molecule has 2 unspecified atom stereocenters. The van der Waals surface area contributed by atoms with E-state index in [9.17, 15) is 21.6 Å². The van der Waals surface area contributed by atoms with E-state index in [-0.39, 0.29) is 10.9 Å². The molecule has 0 radical (unpaired) electrons. The van der Waals surface area contributed by atoms with Crippen molar-refractivity contribution in [2.45, 2.75) is 35.5 Å². The number of fused-ring (bicyclic) bond motifs is 1. The van der Waals surface area contributed by atoms with E-state index in [2.05, 4.69) is 15.0 Å². The van der Waals surface area contributed by atoms with E-state index in [1.807, 2.05) is 0 Å².